The van der Waals surface area contributed by atoms with Crippen LogP contribution >= 0.6 is 11.6 Å². The lowest BCUT2D eigenvalue weighted by Crippen LogP contribution is -2.30. The van der Waals surface area contributed by atoms with Gasteiger partial charge in [-0.05, 0) is 48.2 Å². The maximum absolute atomic E-state index is 13.7. The Hall–Kier alpha value is -2.80. The molecule has 1 heterocycles. The molecule has 0 fully saturated rings. The molecule has 1 aromatic heterocycles. The number of H-pyrrole nitrogens is 1. The number of hydrogen-bond donors (Lipinski definition) is 1. The molecule has 27 heavy (non-hydrogen) atoms. The molecule has 0 radical (unpaired) electrons. The van der Waals surface area contributed by atoms with Crippen molar-refractivity contribution in [3.8, 4) is 0 Å². The second-order valence-electron chi connectivity index (χ2n) is 6.11. The Labute approximate surface area is 157 Å². The van der Waals surface area contributed by atoms with Crippen LogP contribution in [0.25, 0.3) is 10.8 Å². The average Bonchev–Trinajstić information content (AvgIpc) is 2.64. The van der Waals surface area contributed by atoms with E-state index in [9.17, 15) is 22.8 Å². The minimum atomic E-state index is -1.14. The number of carbonyl (C=O) groups is 1. The van der Waals surface area contributed by atoms with Gasteiger partial charge in [-0.3, -0.25) is 9.59 Å². The molecule has 1 atom stereocenters. The lowest BCUT2D eigenvalue weighted by Gasteiger charge is -2.26. The van der Waals surface area contributed by atoms with E-state index in [4.69, 9.17) is 11.6 Å². The van der Waals surface area contributed by atoms with Gasteiger partial charge in [-0.15, -0.1) is 0 Å². The Morgan fingerprint density at radius 1 is 1.07 bits per heavy atom. The number of carbonyl (C=O) groups excluding carboxylic acids is 1. The number of aromatic nitrogens is 1. The summed E-state index contributed by atoms with van der Waals surface area (Å²) in [7, 11) is 1.50. The smallest absolute Gasteiger partial charge is 0.255 e. The van der Waals surface area contributed by atoms with E-state index in [-0.39, 0.29) is 21.4 Å². The van der Waals surface area contributed by atoms with Crippen LogP contribution in [0.3, 0.4) is 0 Å². The van der Waals surface area contributed by atoms with Crippen LogP contribution in [-0.2, 0) is 0 Å². The molecule has 2 aromatic carbocycles. The monoisotopic (exact) mass is 394 g/mol. The Bertz CT molecular complexity index is 1110. The first kappa shape index (κ1) is 19.0. The van der Waals surface area contributed by atoms with Crippen molar-refractivity contribution in [2.24, 2.45) is 0 Å². The SMILES string of the molecule is C[C@@H](c1c[nH]c(=O)c2cc(F)c(F)cc12)N(C)C(=O)c1ccc(F)c(Cl)c1. The predicted molar refractivity (Wildman–Crippen MR) is 96.4 cm³/mol. The number of amides is 1. The van der Waals surface area contributed by atoms with E-state index >= 15 is 0 Å². The van der Waals surface area contributed by atoms with Gasteiger partial charge in [0.25, 0.3) is 11.5 Å². The van der Waals surface area contributed by atoms with Crippen molar-refractivity contribution in [2.75, 3.05) is 7.05 Å². The van der Waals surface area contributed by atoms with Crippen molar-refractivity contribution in [1.82, 2.24) is 9.88 Å². The van der Waals surface area contributed by atoms with Crippen LogP contribution in [-0.4, -0.2) is 22.8 Å². The second-order valence-corrected chi connectivity index (χ2v) is 6.51. The minimum absolute atomic E-state index is 0.0241. The molecule has 0 spiro atoms. The molecule has 0 saturated carbocycles. The highest BCUT2D eigenvalue weighted by Crippen LogP contribution is 2.28. The summed E-state index contributed by atoms with van der Waals surface area (Å²) < 4.78 is 40.5. The molecule has 8 heteroatoms. The summed E-state index contributed by atoms with van der Waals surface area (Å²) in [6, 6.07) is 4.74. The van der Waals surface area contributed by atoms with Crippen molar-refractivity contribution in [3.63, 3.8) is 0 Å². The van der Waals surface area contributed by atoms with Gasteiger partial charge in [-0.2, -0.15) is 0 Å². The van der Waals surface area contributed by atoms with Gasteiger partial charge in [0.2, 0.25) is 0 Å². The van der Waals surface area contributed by atoms with Gasteiger partial charge in [0.15, 0.2) is 11.6 Å². The van der Waals surface area contributed by atoms with Crippen LogP contribution in [0, 0.1) is 17.5 Å². The molecule has 0 aliphatic rings. The van der Waals surface area contributed by atoms with E-state index in [2.05, 4.69) is 4.98 Å². The molecular formula is C19H14ClF3N2O2. The second kappa shape index (κ2) is 7.08. The third-order valence-corrected chi connectivity index (χ3v) is 4.78. The number of pyridine rings is 1. The molecular weight excluding hydrogens is 381 g/mol. The molecule has 140 valence electrons. The first-order valence-corrected chi connectivity index (χ1v) is 8.31. The van der Waals surface area contributed by atoms with Gasteiger partial charge < -0.3 is 9.88 Å². The fourth-order valence-corrected chi connectivity index (χ4v) is 3.02. The van der Waals surface area contributed by atoms with E-state index in [0.29, 0.717) is 5.56 Å². The summed E-state index contributed by atoms with van der Waals surface area (Å²) in [5.74, 6) is -3.33. The molecule has 3 rings (SSSR count). The van der Waals surface area contributed by atoms with Crippen molar-refractivity contribution < 1.29 is 18.0 Å². The van der Waals surface area contributed by atoms with Gasteiger partial charge in [-0.25, -0.2) is 13.2 Å². The maximum Gasteiger partial charge on any atom is 0.255 e. The predicted octanol–water partition coefficient (Wildman–Crippen LogP) is 4.43. The standard InChI is InChI=1S/C19H14ClF3N2O2/c1-9(25(2)19(27)10-3-4-15(21)14(20)5-10)13-8-24-18(26)12-7-17(23)16(22)6-11(12)13/h3-9H,1-2H3,(H,24,26)/t9-/m0/s1. The summed E-state index contributed by atoms with van der Waals surface area (Å²) in [4.78, 5) is 28.4. The van der Waals surface area contributed by atoms with Gasteiger partial charge >= 0.3 is 0 Å². The van der Waals surface area contributed by atoms with E-state index in [0.717, 1.165) is 18.2 Å². The molecule has 0 unspecified atom stereocenters. The van der Waals surface area contributed by atoms with Crippen LogP contribution in [0.4, 0.5) is 13.2 Å². The lowest BCUT2D eigenvalue weighted by molar-refractivity contribution is 0.0743. The first-order valence-electron chi connectivity index (χ1n) is 7.93. The van der Waals surface area contributed by atoms with E-state index < -0.39 is 35.0 Å². The Balaban J connectivity index is 2.04. The highest BCUT2D eigenvalue weighted by atomic mass is 35.5. The third-order valence-electron chi connectivity index (χ3n) is 4.49. The summed E-state index contributed by atoms with van der Waals surface area (Å²) in [5, 5.41) is -0.0141. The maximum atomic E-state index is 13.7. The zero-order valence-corrected chi connectivity index (χ0v) is 15.1. The van der Waals surface area contributed by atoms with Crippen LogP contribution < -0.4 is 5.56 Å². The number of rotatable bonds is 3. The Morgan fingerprint density at radius 2 is 1.70 bits per heavy atom. The number of fused-ring (bicyclic) bond motifs is 1. The normalized spacial score (nSPS) is 12.2. The molecule has 1 N–H and O–H groups in total. The van der Waals surface area contributed by atoms with Crippen LogP contribution in [0.5, 0.6) is 0 Å². The van der Waals surface area contributed by atoms with Gasteiger partial charge in [0.1, 0.15) is 5.82 Å². The highest BCUT2D eigenvalue weighted by Gasteiger charge is 2.22. The minimum Gasteiger partial charge on any atom is -0.335 e. The Kier molecular flexibility index (Phi) is 4.97. The van der Waals surface area contributed by atoms with E-state index in [1.165, 1.54) is 30.3 Å². The van der Waals surface area contributed by atoms with E-state index in [1.807, 2.05) is 0 Å². The summed E-state index contributed by atoms with van der Waals surface area (Å²) in [6.07, 6.45) is 1.36. The zero-order chi connectivity index (χ0) is 19.9. The van der Waals surface area contributed by atoms with Gasteiger partial charge in [-0.1, -0.05) is 11.6 Å². The van der Waals surface area contributed by atoms with Crippen molar-refractivity contribution >= 4 is 28.3 Å². The largest absolute Gasteiger partial charge is 0.335 e. The molecule has 1 amide bonds. The number of hydrogen-bond acceptors (Lipinski definition) is 2. The number of nitrogens with zero attached hydrogens (tertiary/aromatic N) is 1. The molecule has 0 aliphatic carbocycles. The quantitative estimate of drug-likeness (QED) is 0.714. The lowest BCUT2D eigenvalue weighted by atomic mass is 10.0. The van der Waals surface area contributed by atoms with Crippen molar-refractivity contribution in [3.05, 3.63) is 80.5 Å². The fraction of sp³-hybridized carbons (Fsp3) is 0.158. The van der Waals surface area contributed by atoms with E-state index in [1.54, 1.807) is 6.92 Å². The first-order chi connectivity index (χ1) is 12.7. The Morgan fingerprint density at radius 3 is 2.33 bits per heavy atom. The summed E-state index contributed by atoms with van der Waals surface area (Å²) >= 11 is 5.72. The molecule has 4 nitrogen and oxygen atoms in total. The van der Waals surface area contributed by atoms with Gasteiger partial charge in [0, 0.05) is 18.8 Å². The van der Waals surface area contributed by atoms with Gasteiger partial charge in [0.05, 0.1) is 16.5 Å². The summed E-state index contributed by atoms with van der Waals surface area (Å²) in [5.41, 5.74) is 0.0217. The molecule has 0 saturated heterocycles. The van der Waals surface area contributed by atoms with Crippen LogP contribution in [0.15, 0.2) is 41.3 Å². The molecule has 0 aliphatic heterocycles. The topological polar surface area (TPSA) is 53.2 Å². The molecule has 0 bridgehead atoms. The number of benzene rings is 2. The number of aromatic amines is 1. The highest BCUT2D eigenvalue weighted by molar-refractivity contribution is 6.31. The molecule has 3 aromatic rings. The summed E-state index contributed by atoms with van der Waals surface area (Å²) in [6.45, 7) is 1.66. The van der Waals surface area contributed by atoms with Crippen molar-refractivity contribution in [1.29, 1.82) is 0 Å². The zero-order valence-electron chi connectivity index (χ0n) is 14.3. The third kappa shape index (κ3) is 3.42. The van der Waals surface area contributed by atoms with Crippen molar-refractivity contribution in [2.45, 2.75) is 13.0 Å². The number of halogens is 4. The average molecular weight is 395 g/mol. The van der Waals surface area contributed by atoms with Crippen LogP contribution in [0.1, 0.15) is 28.9 Å². The van der Waals surface area contributed by atoms with Crippen LogP contribution in [0.2, 0.25) is 5.02 Å². The number of nitrogens with one attached hydrogen (secondary N) is 1. The fourth-order valence-electron chi connectivity index (χ4n) is 2.84.